The summed E-state index contributed by atoms with van der Waals surface area (Å²) < 4.78 is 16.2. The molecule has 108 valence electrons. The van der Waals surface area contributed by atoms with Crippen LogP contribution in [0.25, 0.3) is 0 Å². The monoisotopic (exact) mass is 339 g/mol. The molecular formula is C15H19BrFN3. The summed E-state index contributed by atoms with van der Waals surface area (Å²) in [5.74, 6) is -0.207. The van der Waals surface area contributed by atoms with Gasteiger partial charge in [0.25, 0.3) is 0 Å². The van der Waals surface area contributed by atoms with E-state index >= 15 is 0 Å². The molecule has 0 spiro atoms. The molecule has 3 nitrogen and oxygen atoms in total. The second-order valence-corrected chi connectivity index (χ2v) is 5.48. The quantitative estimate of drug-likeness (QED) is 0.880. The molecule has 0 fully saturated rings. The Labute approximate surface area is 127 Å². The first-order valence-corrected chi connectivity index (χ1v) is 7.60. The Morgan fingerprint density at radius 3 is 2.70 bits per heavy atom. The predicted octanol–water partition coefficient (Wildman–Crippen LogP) is 4.29. The number of hydrogen-bond donors (Lipinski definition) is 1. The van der Waals surface area contributed by atoms with Gasteiger partial charge in [-0.2, -0.15) is 5.10 Å². The first kappa shape index (κ1) is 15.0. The Kier molecular flexibility index (Phi) is 4.81. The summed E-state index contributed by atoms with van der Waals surface area (Å²) >= 11 is 3.62. The summed E-state index contributed by atoms with van der Waals surface area (Å²) in [6.07, 6.45) is 0.899. The van der Waals surface area contributed by atoms with Gasteiger partial charge >= 0.3 is 0 Å². The van der Waals surface area contributed by atoms with Crippen LogP contribution in [0.2, 0.25) is 0 Å². The fraction of sp³-hybridized carbons (Fsp3) is 0.400. The van der Waals surface area contributed by atoms with Crippen LogP contribution in [-0.2, 0) is 19.5 Å². The van der Waals surface area contributed by atoms with E-state index in [9.17, 15) is 4.39 Å². The Hall–Kier alpha value is -1.36. The summed E-state index contributed by atoms with van der Waals surface area (Å²) in [4.78, 5) is 0. The van der Waals surface area contributed by atoms with Crippen molar-refractivity contribution in [3.63, 3.8) is 0 Å². The molecular weight excluding hydrogens is 321 g/mol. The highest BCUT2D eigenvalue weighted by Gasteiger charge is 2.13. The molecule has 1 aromatic carbocycles. The Balaban J connectivity index is 2.20. The van der Waals surface area contributed by atoms with Crippen LogP contribution in [-0.4, -0.2) is 9.78 Å². The van der Waals surface area contributed by atoms with E-state index in [-0.39, 0.29) is 5.82 Å². The smallest absolute Gasteiger partial charge is 0.123 e. The Bertz CT molecular complexity index is 607. The third-order valence-electron chi connectivity index (χ3n) is 3.33. The summed E-state index contributed by atoms with van der Waals surface area (Å²) in [5.41, 5.74) is 4.03. The molecule has 0 bridgehead atoms. The molecule has 2 rings (SSSR count). The van der Waals surface area contributed by atoms with E-state index in [4.69, 9.17) is 0 Å². The average molecular weight is 340 g/mol. The number of rotatable bonds is 5. The van der Waals surface area contributed by atoms with Gasteiger partial charge in [-0.25, -0.2) is 4.39 Å². The molecule has 2 aromatic rings. The van der Waals surface area contributed by atoms with E-state index in [0.717, 1.165) is 40.1 Å². The van der Waals surface area contributed by atoms with Crippen LogP contribution in [0.1, 0.15) is 30.8 Å². The normalized spacial score (nSPS) is 10.8. The van der Waals surface area contributed by atoms with Gasteiger partial charge in [-0.1, -0.05) is 6.92 Å². The zero-order valence-corrected chi connectivity index (χ0v) is 13.6. The van der Waals surface area contributed by atoms with Crippen LogP contribution in [0.5, 0.6) is 0 Å². The fourth-order valence-electron chi connectivity index (χ4n) is 2.19. The lowest BCUT2D eigenvalue weighted by atomic mass is 10.2. The van der Waals surface area contributed by atoms with Crippen molar-refractivity contribution in [3.05, 3.63) is 45.4 Å². The van der Waals surface area contributed by atoms with E-state index in [1.165, 1.54) is 12.1 Å². The predicted molar refractivity (Wildman–Crippen MR) is 83.4 cm³/mol. The number of aryl methyl sites for hydroxylation is 3. The van der Waals surface area contributed by atoms with Crippen LogP contribution < -0.4 is 5.32 Å². The van der Waals surface area contributed by atoms with Gasteiger partial charge in [-0.3, -0.25) is 4.68 Å². The SMILES string of the molecule is CCc1nn(CC)c(CNc2ccc(F)cc2C)c1Br. The first-order valence-electron chi connectivity index (χ1n) is 6.80. The van der Waals surface area contributed by atoms with Crippen molar-refractivity contribution in [1.29, 1.82) is 0 Å². The molecule has 0 saturated heterocycles. The maximum Gasteiger partial charge on any atom is 0.123 e. The fourth-order valence-corrected chi connectivity index (χ4v) is 2.90. The zero-order valence-electron chi connectivity index (χ0n) is 12.0. The van der Waals surface area contributed by atoms with Gasteiger partial charge < -0.3 is 5.32 Å². The standard InChI is InChI=1S/C15H19BrFN3/c1-4-12-15(16)14(20(5-2)19-12)9-18-13-7-6-11(17)8-10(13)3/h6-8,18H,4-5,9H2,1-3H3. The minimum atomic E-state index is -0.207. The molecule has 0 amide bonds. The lowest BCUT2D eigenvalue weighted by Gasteiger charge is -2.11. The summed E-state index contributed by atoms with van der Waals surface area (Å²) in [6, 6.07) is 4.77. The van der Waals surface area contributed by atoms with E-state index in [1.807, 2.05) is 11.6 Å². The van der Waals surface area contributed by atoms with Crippen molar-refractivity contribution in [3.8, 4) is 0 Å². The highest BCUT2D eigenvalue weighted by molar-refractivity contribution is 9.10. The van der Waals surface area contributed by atoms with Gasteiger partial charge in [0.15, 0.2) is 0 Å². The molecule has 1 N–H and O–H groups in total. The summed E-state index contributed by atoms with van der Waals surface area (Å²) in [5, 5.41) is 7.92. The summed E-state index contributed by atoms with van der Waals surface area (Å²) in [7, 11) is 0. The van der Waals surface area contributed by atoms with Gasteiger partial charge in [-0.15, -0.1) is 0 Å². The Morgan fingerprint density at radius 1 is 1.35 bits per heavy atom. The molecule has 0 saturated carbocycles. The molecule has 5 heteroatoms. The third-order valence-corrected chi connectivity index (χ3v) is 4.24. The molecule has 0 unspecified atom stereocenters. The largest absolute Gasteiger partial charge is 0.379 e. The highest BCUT2D eigenvalue weighted by Crippen LogP contribution is 2.24. The minimum absolute atomic E-state index is 0.207. The number of hydrogen-bond acceptors (Lipinski definition) is 2. The van der Waals surface area contributed by atoms with Crippen molar-refractivity contribution < 1.29 is 4.39 Å². The number of halogens is 2. The maximum atomic E-state index is 13.1. The van der Waals surface area contributed by atoms with E-state index < -0.39 is 0 Å². The van der Waals surface area contributed by atoms with E-state index in [0.29, 0.717) is 6.54 Å². The van der Waals surface area contributed by atoms with Crippen LogP contribution in [0, 0.1) is 12.7 Å². The van der Waals surface area contributed by atoms with Crippen molar-refractivity contribution in [1.82, 2.24) is 9.78 Å². The summed E-state index contributed by atoms with van der Waals surface area (Å²) in [6.45, 7) is 7.56. The van der Waals surface area contributed by atoms with Crippen LogP contribution in [0.15, 0.2) is 22.7 Å². The maximum absolute atomic E-state index is 13.1. The second kappa shape index (κ2) is 6.39. The van der Waals surface area contributed by atoms with Crippen LogP contribution >= 0.6 is 15.9 Å². The number of benzene rings is 1. The van der Waals surface area contributed by atoms with Gasteiger partial charge in [-0.05, 0) is 60.0 Å². The van der Waals surface area contributed by atoms with Gasteiger partial charge in [0.2, 0.25) is 0 Å². The topological polar surface area (TPSA) is 29.9 Å². The van der Waals surface area contributed by atoms with Gasteiger partial charge in [0.1, 0.15) is 5.82 Å². The lowest BCUT2D eigenvalue weighted by molar-refractivity contribution is 0.618. The van der Waals surface area contributed by atoms with Crippen molar-refractivity contribution in [2.45, 2.75) is 40.3 Å². The average Bonchev–Trinajstić information content (AvgIpc) is 2.74. The molecule has 1 heterocycles. The zero-order chi connectivity index (χ0) is 14.7. The van der Waals surface area contributed by atoms with Crippen LogP contribution in [0.3, 0.4) is 0 Å². The van der Waals surface area contributed by atoms with Gasteiger partial charge in [0, 0.05) is 12.2 Å². The number of anilines is 1. The van der Waals surface area contributed by atoms with Crippen molar-refractivity contribution >= 4 is 21.6 Å². The third kappa shape index (κ3) is 3.03. The number of nitrogens with one attached hydrogen (secondary N) is 1. The number of nitrogens with zero attached hydrogens (tertiary/aromatic N) is 2. The minimum Gasteiger partial charge on any atom is -0.379 e. The van der Waals surface area contributed by atoms with Crippen LogP contribution in [0.4, 0.5) is 10.1 Å². The molecule has 0 aliphatic rings. The molecule has 0 aliphatic heterocycles. The van der Waals surface area contributed by atoms with E-state index in [1.54, 1.807) is 6.07 Å². The molecule has 0 aliphatic carbocycles. The molecule has 0 atom stereocenters. The lowest BCUT2D eigenvalue weighted by Crippen LogP contribution is -2.09. The Morgan fingerprint density at radius 2 is 2.10 bits per heavy atom. The number of aromatic nitrogens is 2. The van der Waals surface area contributed by atoms with Crippen molar-refractivity contribution in [2.24, 2.45) is 0 Å². The second-order valence-electron chi connectivity index (χ2n) is 4.69. The van der Waals surface area contributed by atoms with Crippen molar-refractivity contribution in [2.75, 3.05) is 5.32 Å². The van der Waals surface area contributed by atoms with Gasteiger partial charge in [0.05, 0.1) is 22.4 Å². The first-order chi connectivity index (χ1) is 9.56. The highest BCUT2D eigenvalue weighted by atomic mass is 79.9. The molecule has 0 radical (unpaired) electrons. The molecule has 1 aromatic heterocycles. The molecule has 20 heavy (non-hydrogen) atoms. The van der Waals surface area contributed by atoms with E-state index in [2.05, 4.69) is 40.2 Å².